The molecule has 0 saturated carbocycles. The molecule has 1 heterocycles. The molecule has 1 N–H and O–H groups in total. The van der Waals surface area contributed by atoms with E-state index >= 15 is 0 Å². The van der Waals surface area contributed by atoms with Gasteiger partial charge in [0.1, 0.15) is 11.5 Å². The maximum Gasteiger partial charge on any atom is 0.349 e. The summed E-state index contributed by atoms with van der Waals surface area (Å²) in [6.45, 7) is 1.61. The fraction of sp³-hybridized carbons (Fsp3) is 0.412. The molecule has 9 heteroatoms. The summed E-state index contributed by atoms with van der Waals surface area (Å²) in [5, 5.41) is 3.04. The number of carbonyl (C=O) groups is 3. The van der Waals surface area contributed by atoms with Crippen molar-refractivity contribution in [1.29, 1.82) is 0 Å². The summed E-state index contributed by atoms with van der Waals surface area (Å²) in [6.07, 6.45) is 0.307. The van der Waals surface area contributed by atoms with E-state index < -0.39 is 11.9 Å². The predicted octanol–water partition coefficient (Wildman–Crippen LogP) is 2.75. The minimum Gasteiger partial charge on any atom is -0.495 e. The lowest BCUT2D eigenvalue weighted by atomic mass is 9.95. The van der Waals surface area contributed by atoms with Gasteiger partial charge in [-0.1, -0.05) is 11.6 Å². The fourth-order valence-corrected chi connectivity index (χ4v) is 2.83. The number of halogens is 1. The van der Waals surface area contributed by atoms with Gasteiger partial charge >= 0.3 is 6.03 Å². The summed E-state index contributed by atoms with van der Waals surface area (Å²) in [6, 6.07) is 2.51. The number of amides is 4. The van der Waals surface area contributed by atoms with Crippen LogP contribution in [0.15, 0.2) is 17.1 Å². The van der Waals surface area contributed by atoms with E-state index in [0.717, 1.165) is 4.90 Å². The Balaban J connectivity index is 2.06. The number of carbonyl (C=O) groups excluding carboxylic acids is 3. The molecule has 0 fully saturated rings. The number of hydrogen-bond acceptors (Lipinski definition) is 5. The number of methoxy groups -OCH3 is 2. The van der Waals surface area contributed by atoms with Gasteiger partial charge in [-0.3, -0.25) is 14.5 Å². The molecule has 1 aliphatic heterocycles. The number of nitrogens with one attached hydrogen (secondary N) is 1. The highest BCUT2D eigenvalue weighted by molar-refractivity contribution is 6.32. The van der Waals surface area contributed by atoms with E-state index in [1.807, 2.05) is 0 Å². The van der Waals surface area contributed by atoms with Crippen molar-refractivity contribution in [2.75, 3.05) is 26.6 Å². The molecule has 0 spiro atoms. The van der Waals surface area contributed by atoms with E-state index in [0.29, 0.717) is 27.9 Å². The minimum absolute atomic E-state index is 0.0676. The molecule has 1 unspecified atom stereocenters. The van der Waals surface area contributed by atoms with Crippen LogP contribution in [0.25, 0.3) is 0 Å². The van der Waals surface area contributed by atoms with Crippen molar-refractivity contribution in [3.8, 4) is 11.5 Å². The van der Waals surface area contributed by atoms with E-state index in [2.05, 4.69) is 10.3 Å². The van der Waals surface area contributed by atoms with Crippen molar-refractivity contribution in [2.24, 2.45) is 10.9 Å². The number of imide groups is 1. The molecular formula is C17H20ClN3O5. The summed E-state index contributed by atoms with van der Waals surface area (Å²) in [5.74, 6) is -0.444. The van der Waals surface area contributed by atoms with Gasteiger partial charge in [-0.2, -0.15) is 0 Å². The lowest BCUT2D eigenvalue weighted by Crippen LogP contribution is -2.43. The van der Waals surface area contributed by atoms with Crippen molar-refractivity contribution in [3.63, 3.8) is 0 Å². The van der Waals surface area contributed by atoms with Crippen LogP contribution in [0.4, 0.5) is 10.5 Å². The zero-order valence-electron chi connectivity index (χ0n) is 15.0. The second-order valence-corrected chi connectivity index (χ2v) is 6.17. The number of ether oxygens (including phenoxy) is 2. The van der Waals surface area contributed by atoms with Gasteiger partial charge in [0.2, 0.25) is 11.8 Å². The number of aliphatic imine (C=N–C) groups is 1. The Morgan fingerprint density at radius 3 is 2.54 bits per heavy atom. The molecule has 26 heavy (non-hydrogen) atoms. The molecule has 0 saturated heterocycles. The van der Waals surface area contributed by atoms with Crippen LogP contribution in [0.3, 0.4) is 0 Å². The third-order valence-electron chi connectivity index (χ3n) is 4.10. The van der Waals surface area contributed by atoms with Crippen LogP contribution in [-0.4, -0.2) is 49.7 Å². The highest BCUT2D eigenvalue weighted by Gasteiger charge is 2.33. The van der Waals surface area contributed by atoms with Crippen LogP contribution in [0.1, 0.15) is 19.8 Å². The van der Waals surface area contributed by atoms with Crippen molar-refractivity contribution in [2.45, 2.75) is 19.8 Å². The Morgan fingerprint density at radius 1 is 1.27 bits per heavy atom. The quantitative estimate of drug-likeness (QED) is 0.817. The second kappa shape index (κ2) is 8.18. The van der Waals surface area contributed by atoms with E-state index in [1.165, 1.54) is 27.3 Å². The number of anilines is 1. The zero-order valence-corrected chi connectivity index (χ0v) is 15.7. The minimum atomic E-state index is -0.593. The maximum atomic E-state index is 12.3. The van der Waals surface area contributed by atoms with Crippen LogP contribution in [0, 0.1) is 5.92 Å². The number of nitrogens with zero attached hydrogens (tertiary/aromatic N) is 2. The first kappa shape index (κ1) is 19.7. The van der Waals surface area contributed by atoms with Gasteiger partial charge in [-0.15, -0.1) is 0 Å². The van der Waals surface area contributed by atoms with Gasteiger partial charge < -0.3 is 14.8 Å². The van der Waals surface area contributed by atoms with Gasteiger partial charge in [0.25, 0.3) is 0 Å². The first-order valence-electron chi connectivity index (χ1n) is 7.86. The molecule has 4 amide bonds. The van der Waals surface area contributed by atoms with Crippen molar-refractivity contribution >= 4 is 40.8 Å². The average Bonchev–Trinajstić information content (AvgIpc) is 2.60. The maximum absolute atomic E-state index is 12.3. The lowest BCUT2D eigenvalue weighted by Gasteiger charge is -2.25. The summed E-state index contributed by atoms with van der Waals surface area (Å²) in [4.78, 5) is 40.7. The van der Waals surface area contributed by atoms with E-state index in [-0.39, 0.29) is 24.7 Å². The molecule has 140 valence electrons. The van der Waals surface area contributed by atoms with E-state index in [9.17, 15) is 14.4 Å². The molecule has 2 rings (SSSR count). The molecule has 0 aromatic heterocycles. The Bertz CT molecular complexity index is 778. The largest absolute Gasteiger partial charge is 0.495 e. The van der Waals surface area contributed by atoms with Crippen LogP contribution < -0.4 is 14.8 Å². The van der Waals surface area contributed by atoms with E-state index in [4.69, 9.17) is 21.1 Å². The summed E-state index contributed by atoms with van der Waals surface area (Å²) in [5.41, 5.74) is 0.812. The molecule has 1 aromatic rings. The highest BCUT2D eigenvalue weighted by Crippen LogP contribution is 2.36. The molecule has 0 radical (unpaired) electrons. The normalized spacial score (nSPS) is 17.0. The van der Waals surface area contributed by atoms with Crippen molar-refractivity contribution in [3.05, 3.63) is 17.2 Å². The molecule has 1 aliphatic rings. The molecule has 1 atom stereocenters. The van der Waals surface area contributed by atoms with Gasteiger partial charge in [-0.05, 0) is 19.4 Å². The third kappa shape index (κ3) is 4.13. The number of hydrogen-bond donors (Lipinski definition) is 1. The zero-order chi connectivity index (χ0) is 19.4. The molecule has 0 aliphatic carbocycles. The standard InChI is InChI=1S/C17H20ClN3O5/c1-9-10(16(23)21(2)17(24)19-9)5-6-15(22)20-12-7-11(18)13(25-3)8-14(12)26-4/h7-8,10H,5-6H2,1-4H3,(H,20,22). The van der Waals surface area contributed by atoms with Crippen LogP contribution in [0.5, 0.6) is 11.5 Å². The fourth-order valence-electron chi connectivity index (χ4n) is 2.59. The van der Waals surface area contributed by atoms with Crippen LogP contribution in [-0.2, 0) is 9.59 Å². The third-order valence-corrected chi connectivity index (χ3v) is 4.40. The van der Waals surface area contributed by atoms with Crippen LogP contribution >= 0.6 is 11.6 Å². The van der Waals surface area contributed by atoms with Crippen LogP contribution in [0.2, 0.25) is 5.02 Å². The Labute approximate surface area is 156 Å². The first-order valence-corrected chi connectivity index (χ1v) is 8.24. The summed E-state index contributed by atoms with van der Waals surface area (Å²) < 4.78 is 10.3. The van der Waals surface area contributed by atoms with Gasteiger partial charge in [0.05, 0.1) is 30.8 Å². The number of benzene rings is 1. The molecular weight excluding hydrogens is 362 g/mol. The number of rotatable bonds is 6. The smallest absolute Gasteiger partial charge is 0.349 e. The predicted molar refractivity (Wildman–Crippen MR) is 97.2 cm³/mol. The Hall–Kier alpha value is -2.61. The van der Waals surface area contributed by atoms with Gasteiger partial charge in [-0.25, -0.2) is 9.79 Å². The number of urea groups is 1. The van der Waals surface area contributed by atoms with Crippen molar-refractivity contribution in [1.82, 2.24) is 4.90 Å². The molecule has 1 aromatic carbocycles. The Kier molecular flexibility index (Phi) is 6.20. The Morgan fingerprint density at radius 2 is 1.92 bits per heavy atom. The van der Waals surface area contributed by atoms with E-state index in [1.54, 1.807) is 13.0 Å². The summed E-state index contributed by atoms with van der Waals surface area (Å²) in [7, 11) is 4.31. The topological polar surface area (TPSA) is 97.3 Å². The SMILES string of the molecule is COc1cc(OC)c(NC(=O)CCC2C(=O)N(C)C(=O)N=C2C)cc1Cl. The second-order valence-electron chi connectivity index (χ2n) is 5.76. The molecule has 0 bridgehead atoms. The lowest BCUT2D eigenvalue weighted by molar-refractivity contribution is -0.129. The van der Waals surface area contributed by atoms with Gasteiger partial charge in [0, 0.05) is 25.2 Å². The average molecular weight is 382 g/mol. The van der Waals surface area contributed by atoms with Crippen molar-refractivity contribution < 1.29 is 23.9 Å². The first-order chi connectivity index (χ1) is 12.3. The highest BCUT2D eigenvalue weighted by atomic mass is 35.5. The van der Waals surface area contributed by atoms with Gasteiger partial charge in [0.15, 0.2) is 0 Å². The monoisotopic (exact) mass is 381 g/mol. The summed E-state index contributed by atoms with van der Waals surface area (Å²) >= 11 is 6.08. The molecule has 8 nitrogen and oxygen atoms in total.